The Labute approximate surface area is 170 Å². The zero-order valence-electron chi connectivity index (χ0n) is 16.8. The Hall–Kier alpha value is -0.830. The minimum atomic E-state index is 0. The SMILES string of the molecule is CN=C(NCC(C)N(C)C1CC1)N(C)Cc1cn(C)nc1C(C)C.I. The highest BCUT2D eigenvalue weighted by atomic mass is 127. The molecule has 1 atom stereocenters. The Balaban J connectivity index is 0.00000312. The average molecular weight is 462 g/mol. The van der Waals surface area contributed by atoms with E-state index in [-0.39, 0.29) is 24.0 Å². The van der Waals surface area contributed by atoms with Crippen LogP contribution in [0, 0.1) is 0 Å². The lowest BCUT2D eigenvalue weighted by atomic mass is 10.1. The lowest BCUT2D eigenvalue weighted by Gasteiger charge is -2.28. The van der Waals surface area contributed by atoms with Crippen LogP contribution in [0.15, 0.2) is 11.2 Å². The van der Waals surface area contributed by atoms with E-state index in [0.29, 0.717) is 12.0 Å². The van der Waals surface area contributed by atoms with Crippen LogP contribution < -0.4 is 5.32 Å². The fourth-order valence-electron chi connectivity index (χ4n) is 3.10. The van der Waals surface area contributed by atoms with Gasteiger partial charge < -0.3 is 10.2 Å². The van der Waals surface area contributed by atoms with Crippen LogP contribution in [0.2, 0.25) is 0 Å². The first-order chi connectivity index (χ1) is 11.3. The number of aromatic nitrogens is 2. The van der Waals surface area contributed by atoms with Gasteiger partial charge in [-0.15, -0.1) is 24.0 Å². The van der Waals surface area contributed by atoms with Crippen LogP contribution in [0.4, 0.5) is 0 Å². The van der Waals surface area contributed by atoms with E-state index in [1.54, 1.807) is 0 Å². The Bertz CT molecular complexity index is 564. The minimum absolute atomic E-state index is 0. The number of aliphatic imine (C=N–C) groups is 1. The van der Waals surface area contributed by atoms with Crippen molar-refractivity contribution in [3.63, 3.8) is 0 Å². The van der Waals surface area contributed by atoms with Crippen molar-refractivity contribution < 1.29 is 0 Å². The molecule has 1 aliphatic rings. The number of nitrogens with zero attached hydrogens (tertiary/aromatic N) is 5. The Kier molecular flexibility index (Phi) is 8.67. The van der Waals surface area contributed by atoms with E-state index < -0.39 is 0 Å². The number of hydrogen-bond acceptors (Lipinski definition) is 3. The molecule has 1 saturated carbocycles. The molecule has 0 amide bonds. The third kappa shape index (κ3) is 6.13. The molecule has 0 bridgehead atoms. The maximum absolute atomic E-state index is 4.60. The number of nitrogens with one attached hydrogen (secondary N) is 1. The van der Waals surface area contributed by atoms with Crippen LogP contribution in [0.5, 0.6) is 0 Å². The van der Waals surface area contributed by atoms with Gasteiger partial charge in [0.2, 0.25) is 0 Å². The van der Waals surface area contributed by atoms with Crippen LogP contribution in [0.3, 0.4) is 0 Å². The van der Waals surface area contributed by atoms with Gasteiger partial charge in [-0.25, -0.2) is 0 Å². The van der Waals surface area contributed by atoms with Crippen LogP contribution in [0.25, 0.3) is 0 Å². The second-order valence-electron chi connectivity index (χ2n) is 7.40. The molecular weight excluding hydrogens is 427 g/mol. The molecule has 1 aromatic heterocycles. The third-order valence-electron chi connectivity index (χ3n) is 4.84. The van der Waals surface area contributed by atoms with Crippen molar-refractivity contribution in [1.82, 2.24) is 24.9 Å². The van der Waals surface area contributed by atoms with E-state index in [4.69, 9.17) is 0 Å². The smallest absolute Gasteiger partial charge is 0.193 e. The van der Waals surface area contributed by atoms with Crippen molar-refractivity contribution in [2.24, 2.45) is 12.0 Å². The van der Waals surface area contributed by atoms with Crippen LogP contribution >= 0.6 is 24.0 Å². The Morgan fingerprint density at radius 1 is 1.36 bits per heavy atom. The fourth-order valence-corrected chi connectivity index (χ4v) is 3.10. The molecule has 2 rings (SSSR count). The summed E-state index contributed by atoms with van der Waals surface area (Å²) in [5.74, 6) is 1.36. The summed E-state index contributed by atoms with van der Waals surface area (Å²) >= 11 is 0. The zero-order chi connectivity index (χ0) is 17.9. The number of aryl methyl sites for hydroxylation is 1. The fraction of sp³-hybridized carbons (Fsp3) is 0.778. The topological polar surface area (TPSA) is 48.7 Å². The number of halogens is 1. The molecule has 1 N–H and O–H groups in total. The molecular formula is C18H35IN6. The molecule has 0 aliphatic heterocycles. The van der Waals surface area contributed by atoms with Crippen LogP contribution in [-0.4, -0.2) is 65.3 Å². The molecule has 1 unspecified atom stereocenters. The average Bonchev–Trinajstić information content (AvgIpc) is 3.30. The third-order valence-corrected chi connectivity index (χ3v) is 4.84. The predicted molar refractivity (Wildman–Crippen MR) is 116 cm³/mol. The molecule has 7 heteroatoms. The maximum atomic E-state index is 4.60. The molecule has 1 fully saturated rings. The molecule has 1 aliphatic carbocycles. The highest BCUT2D eigenvalue weighted by Gasteiger charge is 2.29. The quantitative estimate of drug-likeness (QED) is 0.385. The van der Waals surface area contributed by atoms with E-state index >= 15 is 0 Å². The van der Waals surface area contributed by atoms with Gasteiger partial charge in [0.05, 0.1) is 5.69 Å². The Morgan fingerprint density at radius 2 is 2.00 bits per heavy atom. The van der Waals surface area contributed by atoms with Gasteiger partial charge in [-0.2, -0.15) is 5.10 Å². The largest absolute Gasteiger partial charge is 0.355 e. The summed E-state index contributed by atoms with van der Waals surface area (Å²) in [7, 11) is 8.14. The normalized spacial score (nSPS) is 16.1. The van der Waals surface area contributed by atoms with Gasteiger partial charge in [-0.1, -0.05) is 13.8 Å². The summed E-state index contributed by atoms with van der Waals surface area (Å²) < 4.78 is 1.90. The second kappa shape index (κ2) is 9.75. The van der Waals surface area contributed by atoms with Crippen molar-refractivity contribution >= 4 is 29.9 Å². The second-order valence-corrected chi connectivity index (χ2v) is 7.40. The molecule has 1 heterocycles. The van der Waals surface area contributed by atoms with Gasteiger partial charge in [-0.05, 0) is 32.7 Å². The number of rotatable bonds is 7. The van der Waals surface area contributed by atoms with E-state index in [2.05, 4.69) is 66.3 Å². The van der Waals surface area contributed by atoms with E-state index in [0.717, 1.165) is 25.1 Å². The molecule has 0 saturated heterocycles. The first-order valence-corrected chi connectivity index (χ1v) is 8.99. The molecule has 144 valence electrons. The van der Waals surface area contributed by atoms with Gasteiger partial charge in [0, 0.05) is 58.1 Å². The molecule has 0 radical (unpaired) electrons. The zero-order valence-corrected chi connectivity index (χ0v) is 19.1. The summed E-state index contributed by atoms with van der Waals surface area (Å²) in [6.45, 7) is 8.38. The van der Waals surface area contributed by atoms with Crippen molar-refractivity contribution in [2.45, 2.75) is 58.2 Å². The monoisotopic (exact) mass is 462 g/mol. The molecule has 1 aromatic rings. The van der Waals surface area contributed by atoms with Gasteiger partial charge in [0.1, 0.15) is 0 Å². The van der Waals surface area contributed by atoms with Gasteiger partial charge in [-0.3, -0.25) is 14.6 Å². The van der Waals surface area contributed by atoms with Crippen molar-refractivity contribution in [3.05, 3.63) is 17.5 Å². The van der Waals surface area contributed by atoms with Gasteiger partial charge >= 0.3 is 0 Å². The lowest BCUT2D eigenvalue weighted by molar-refractivity contribution is 0.246. The lowest BCUT2D eigenvalue weighted by Crippen LogP contribution is -2.45. The van der Waals surface area contributed by atoms with E-state index in [9.17, 15) is 0 Å². The first-order valence-electron chi connectivity index (χ1n) is 8.99. The van der Waals surface area contributed by atoms with Gasteiger partial charge in [0.15, 0.2) is 5.96 Å². The highest BCUT2D eigenvalue weighted by molar-refractivity contribution is 14.0. The summed E-state index contributed by atoms with van der Waals surface area (Å²) in [5.41, 5.74) is 2.43. The number of guanidine groups is 1. The summed E-state index contributed by atoms with van der Waals surface area (Å²) in [4.78, 5) is 9.09. The number of likely N-dealkylation sites (N-methyl/N-ethyl adjacent to an activating group) is 1. The molecule has 25 heavy (non-hydrogen) atoms. The standard InChI is InChI=1S/C18H34N6.HI/c1-13(2)17-15(12-23(6)21-17)11-22(5)18(19-4)20-10-14(3)24(7)16-8-9-16;/h12-14,16H,8-11H2,1-7H3,(H,19,20);1H. The minimum Gasteiger partial charge on any atom is -0.355 e. The van der Waals surface area contributed by atoms with E-state index in [1.165, 1.54) is 24.1 Å². The molecule has 0 aromatic carbocycles. The van der Waals surface area contributed by atoms with Crippen molar-refractivity contribution in [3.8, 4) is 0 Å². The first kappa shape index (κ1) is 22.2. The molecule has 0 spiro atoms. The van der Waals surface area contributed by atoms with Crippen molar-refractivity contribution in [2.75, 3.05) is 27.7 Å². The van der Waals surface area contributed by atoms with E-state index in [1.807, 2.05) is 18.8 Å². The van der Waals surface area contributed by atoms with Crippen LogP contribution in [0.1, 0.15) is 50.8 Å². The summed E-state index contributed by atoms with van der Waals surface area (Å²) in [5, 5.41) is 8.11. The summed E-state index contributed by atoms with van der Waals surface area (Å²) in [6, 6.07) is 1.29. The Morgan fingerprint density at radius 3 is 2.52 bits per heavy atom. The molecule has 6 nitrogen and oxygen atoms in total. The number of hydrogen-bond donors (Lipinski definition) is 1. The van der Waals surface area contributed by atoms with Gasteiger partial charge in [0.25, 0.3) is 0 Å². The van der Waals surface area contributed by atoms with Crippen molar-refractivity contribution in [1.29, 1.82) is 0 Å². The van der Waals surface area contributed by atoms with Crippen LogP contribution in [-0.2, 0) is 13.6 Å². The maximum Gasteiger partial charge on any atom is 0.193 e. The predicted octanol–water partition coefficient (Wildman–Crippen LogP) is 2.65. The highest BCUT2D eigenvalue weighted by Crippen LogP contribution is 2.26. The summed E-state index contributed by atoms with van der Waals surface area (Å²) in [6.07, 6.45) is 4.80.